The number of nitrogens with zero attached hydrogens (tertiary/aromatic N) is 4. The van der Waals surface area contributed by atoms with Crippen LogP contribution in [0, 0.1) is 0 Å². The van der Waals surface area contributed by atoms with E-state index in [0.29, 0.717) is 49.2 Å². The Hall–Kier alpha value is -3.65. The molecule has 0 aliphatic carbocycles. The van der Waals surface area contributed by atoms with Crippen molar-refractivity contribution in [1.82, 2.24) is 19.1 Å². The minimum atomic E-state index is -0.153. The Morgan fingerprint density at radius 1 is 0.900 bits per heavy atom. The van der Waals surface area contributed by atoms with Gasteiger partial charge in [-0.15, -0.1) is 0 Å². The van der Waals surface area contributed by atoms with Gasteiger partial charge in [0.05, 0.1) is 6.54 Å². The maximum absolute atomic E-state index is 13.2. The number of nitrogens with two attached hydrogens (primary N) is 1. The first-order chi connectivity index (χ1) is 14.7. The number of nitrogens with one attached hydrogen (secondary N) is 2. The van der Waals surface area contributed by atoms with Crippen molar-refractivity contribution < 1.29 is 0 Å². The lowest BCUT2D eigenvalue weighted by molar-refractivity contribution is 0.792. The number of hydrogen-bond acceptors (Lipinski definition) is 6. The van der Waals surface area contributed by atoms with Crippen LogP contribution < -0.4 is 21.9 Å². The van der Waals surface area contributed by atoms with E-state index in [0.717, 1.165) is 11.1 Å². The number of fused-ring (bicyclic) bond motifs is 1. The van der Waals surface area contributed by atoms with Gasteiger partial charge >= 0.3 is 0 Å². The number of aromatic nitrogens is 4. The molecule has 0 atom stereocenters. The topological polar surface area (TPSA) is 103 Å². The molecule has 8 heteroatoms. The highest BCUT2D eigenvalue weighted by Gasteiger charge is 2.18. The maximum Gasteiger partial charge on any atom is 0.281 e. The van der Waals surface area contributed by atoms with E-state index in [1.54, 1.807) is 7.05 Å². The summed E-state index contributed by atoms with van der Waals surface area (Å²) in [6.07, 6.45) is 0. The molecule has 2 heterocycles. The first kappa shape index (κ1) is 19.7. The summed E-state index contributed by atoms with van der Waals surface area (Å²) in [6, 6.07) is 19.9. The molecule has 154 valence electrons. The van der Waals surface area contributed by atoms with Crippen LogP contribution in [0.4, 0.5) is 11.9 Å². The lowest BCUT2D eigenvalue weighted by Gasteiger charge is -2.12. The third-order valence-electron chi connectivity index (χ3n) is 4.89. The average molecular weight is 403 g/mol. The summed E-state index contributed by atoms with van der Waals surface area (Å²) in [5.74, 6) is 1.07. The third-order valence-corrected chi connectivity index (χ3v) is 4.89. The van der Waals surface area contributed by atoms with E-state index in [1.807, 2.05) is 65.2 Å². The van der Waals surface area contributed by atoms with E-state index < -0.39 is 0 Å². The van der Waals surface area contributed by atoms with Gasteiger partial charge in [-0.3, -0.25) is 13.9 Å². The Balaban J connectivity index is 1.74. The van der Waals surface area contributed by atoms with Crippen molar-refractivity contribution in [3.8, 4) is 0 Å². The van der Waals surface area contributed by atoms with Gasteiger partial charge in [0.15, 0.2) is 11.2 Å². The van der Waals surface area contributed by atoms with Crippen LogP contribution in [0.2, 0.25) is 0 Å². The van der Waals surface area contributed by atoms with Gasteiger partial charge in [0.25, 0.3) is 5.56 Å². The van der Waals surface area contributed by atoms with E-state index in [1.165, 1.54) is 4.57 Å². The first-order valence-corrected chi connectivity index (χ1v) is 9.90. The molecule has 8 nitrogen and oxygen atoms in total. The molecule has 0 amide bonds. The zero-order chi connectivity index (χ0) is 20.9. The van der Waals surface area contributed by atoms with Gasteiger partial charge in [0, 0.05) is 26.7 Å². The second-order valence-electron chi connectivity index (χ2n) is 7.03. The Morgan fingerprint density at radius 3 is 2.20 bits per heavy atom. The Labute approximate surface area is 174 Å². The zero-order valence-corrected chi connectivity index (χ0v) is 16.9. The highest BCUT2D eigenvalue weighted by atomic mass is 16.1. The first-order valence-electron chi connectivity index (χ1n) is 9.90. The van der Waals surface area contributed by atoms with Gasteiger partial charge in [0.1, 0.15) is 0 Å². The lowest BCUT2D eigenvalue weighted by Crippen LogP contribution is -2.24. The Morgan fingerprint density at radius 2 is 1.53 bits per heavy atom. The molecule has 0 aliphatic heterocycles. The molecular formula is C22H25N7O. The third kappa shape index (κ3) is 4.04. The Bertz CT molecular complexity index is 1180. The number of hydrogen-bond donors (Lipinski definition) is 3. The molecule has 0 radical (unpaired) electrons. The lowest BCUT2D eigenvalue weighted by atomic mass is 10.2. The van der Waals surface area contributed by atoms with E-state index in [4.69, 9.17) is 5.73 Å². The van der Waals surface area contributed by atoms with Crippen LogP contribution in [0.1, 0.15) is 11.1 Å². The molecule has 0 saturated heterocycles. The maximum atomic E-state index is 13.2. The number of benzene rings is 2. The summed E-state index contributed by atoms with van der Waals surface area (Å²) in [4.78, 5) is 22.5. The molecule has 2 aromatic heterocycles. The van der Waals surface area contributed by atoms with E-state index in [9.17, 15) is 4.79 Å². The molecule has 4 aromatic rings. The highest BCUT2D eigenvalue weighted by Crippen LogP contribution is 2.19. The van der Waals surface area contributed by atoms with Crippen molar-refractivity contribution >= 4 is 23.1 Å². The van der Waals surface area contributed by atoms with E-state index in [-0.39, 0.29) is 5.56 Å². The smallest absolute Gasteiger partial charge is 0.281 e. The molecule has 0 fully saturated rings. The van der Waals surface area contributed by atoms with E-state index >= 15 is 0 Å². The van der Waals surface area contributed by atoms with Crippen LogP contribution >= 0.6 is 0 Å². The van der Waals surface area contributed by atoms with Gasteiger partial charge in [-0.05, 0) is 11.1 Å². The molecule has 30 heavy (non-hydrogen) atoms. The van der Waals surface area contributed by atoms with Gasteiger partial charge in [-0.2, -0.15) is 9.97 Å². The molecule has 4 rings (SSSR count). The van der Waals surface area contributed by atoms with Crippen LogP contribution in [0.15, 0.2) is 65.5 Å². The molecule has 0 aliphatic rings. The minimum absolute atomic E-state index is 0.153. The van der Waals surface area contributed by atoms with Crippen molar-refractivity contribution in [2.24, 2.45) is 12.8 Å². The second-order valence-corrected chi connectivity index (χ2v) is 7.03. The van der Waals surface area contributed by atoms with Gasteiger partial charge in [-0.1, -0.05) is 60.7 Å². The number of rotatable bonds is 8. The van der Waals surface area contributed by atoms with Crippen molar-refractivity contribution in [3.63, 3.8) is 0 Å². The van der Waals surface area contributed by atoms with Gasteiger partial charge < -0.3 is 16.4 Å². The standard InChI is InChI=1S/C22H25N7O/c1-28-20(30)18-19(26-21(28)25-14-16-8-4-2-5-9-16)27-22(24-13-12-23)29(18)15-17-10-6-3-7-11-17/h2-11H,12-15,23H2,1H3,(H,24,27)(H,25,26). The molecule has 0 spiro atoms. The summed E-state index contributed by atoms with van der Waals surface area (Å²) in [5, 5.41) is 6.46. The molecule has 4 N–H and O–H groups in total. The molecule has 0 bridgehead atoms. The summed E-state index contributed by atoms with van der Waals surface area (Å²) in [7, 11) is 1.72. The van der Waals surface area contributed by atoms with Gasteiger partial charge in [-0.25, -0.2) is 0 Å². The van der Waals surface area contributed by atoms with Crippen LogP contribution in [-0.4, -0.2) is 32.2 Å². The van der Waals surface area contributed by atoms with Crippen molar-refractivity contribution in [3.05, 3.63) is 82.1 Å². The fourth-order valence-corrected chi connectivity index (χ4v) is 3.33. The van der Waals surface area contributed by atoms with Crippen molar-refractivity contribution in [1.29, 1.82) is 0 Å². The quantitative estimate of drug-likeness (QED) is 0.417. The highest BCUT2D eigenvalue weighted by molar-refractivity contribution is 5.75. The predicted octanol–water partition coefficient (Wildman–Crippen LogP) is 2.16. The van der Waals surface area contributed by atoms with Crippen molar-refractivity contribution in [2.75, 3.05) is 23.7 Å². The SMILES string of the molecule is Cn1c(NCc2ccccc2)nc2nc(NCCN)n(Cc3ccccc3)c2c1=O. The van der Waals surface area contributed by atoms with E-state index in [2.05, 4.69) is 20.6 Å². The van der Waals surface area contributed by atoms with Crippen LogP contribution in [0.25, 0.3) is 11.2 Å². The zero-order valence-electron chi connectivity index (χ0n) is 16.9. The average Bonchev–Trinajstić information content (AvgIpc) is 3.12. The van der Waals surface area contributed by atoms with Crippen LogP contribution in [0.5, 0.6) is 0 Å². The minimum Gasteiger partial charge on any atom is -0.354 e. The summed E-state index contributed by atoms with van der Waals surface area (Å²) < 4.78 is 3.40. The molecular weight excluding hydrogens is 378 g/mol. The van der Waals surface area contributed by atoms with Crippen LogP contribution in [-0.2, 0) is 20.1 Å². The molecule has 0 saturated carbocycles. The summed E-state index contributed by atoms with van der Waals surface area (Å²) in [5.41, 5.74) is 8.55. The fourth-order valence-electron chi connectivity index (χ4n) is 3.33. The largest absolute Gasteiger partial charge is 0.354 e. The fraction of sp³-hybridized carbons (Fsp3) is 0.227. The normalized spacial score (nSPS) is 11.0. The summed E-state index contributed by atoms with van der Waals surface area (Å²) in [6.45, 7) is 2.09. The number of imidazole rings is 1. The van der Waals surface area contributed by atoms with Crippen molar-refractivity contribution in [2.45, 2.75) is 13.1 Å². The molecule has 0 unspecified atom stereocenters. The predicted molar refractivity (Wildman–Crippen MR) is 120 cm³/mol. The monoisotopic (exact) mass is 403 g/mol. The second kappa shape index (κ2) is 8.79. The Kier molecular flexibility index (Phi) is 5.76. The summed E-state index contributed by atoms with van der Waals surface area (Å²) >= 11 is 0. The number of anilines is 2. The van der Waals surface area contributed by atoms with Crippen LogP contribution in [0.3, 0.4) is 0 Å². The molecule has 2 aromatic carbocycles. The van der Waals surface area contributed by atoms with Gasteiger partial charge in [0.2, 0.25) is 11.9 Å².